The molecule has 1 amide bonds. The van der Waals surface area contributed by atoms with Crippen LogP contribution in [0.1, 0.15) is 47.9 Å². The normalized spacial score (nSPS) is 14.1. The summed E-state index contributed by atoms with van der Waals surface area (Å²) in [7, 11) is 3.50. The molecule has 9 heteroatoms. The largest absolute Gasteiger partial charge is 0.493 e. The number of methoxy groups -OCH3 is 1. The lowest BCUT2D eigenvalue weighted by Gasteiger charge is -2.29. The van der Waals surface area contributed by atoms with E-state index in [4.69, 9.17) is 15.2 Å². The third-order valence-electron chi connectivity index (χ3n) is 7.54. The fourth-order valence-corrected chi connectivity index (χ4v) is 5.07. The first-order chi connectivity index (χ1) is 19.4. The molecule has 0 aliphatic heterocycles. The number of ether oxygens (including phenoxy) is 2. The number of carbonyl (C=O) groups is 1. The fourth-order valence-electron chi connectivity index (χ4n) is 5.07. The lowest BCUT2D eigenvalue weighted by Crippen LogP contribution is -2.49. The third-order valence-corrected chi connectivity index (χ3v) is 7.54. The number of nitrogens with one attached hydrogen (secondary N) is 1. The van der Waals surface area contributed by atoms with E-state index in [1.165, 1.54) is 25.0 Å². The van der Waals surface area contributed by atoms with Gasteiger partial charge in [0.15, 0.2) is 11.5 Å². The van der Waals surface area contributed by atoms with Gasteiger partial charge in [-0.1, -0.05) is 43.2 Å². The summed E-state index contributed by atoms with van der Waals surface area (Å²) >= 11 is 0. The number of amides is 1. The van der Waals surface area contributed by atoms with Gasteiger partial charge in [0.1, 0.15) is 6.61 Å². The van der Waals surface area contributed by atoms with Crippen LogP contribution >= 0.6 is 0 Å². The van der Waals surface area contributed by atoms with Crippen molar-refractivity contribution in [3.05, 3.63) is 99.1 Å². The highest BCUT2D eigenvalue weighted by Gasteiger charge is 2.29. The zero-order valence-corrected chi connectivity index (χ0v) is 23.2. The quantitative estimate of drug-likeness (QED) is 0.235. The van der Waals surface area contributed by atoms with Gasteiger partial charge in [-0.3, -0.25) is 14.9 Å². The first kappa shape index (κ1) is 29.0. The summed E-state index contributed by atoms with van der Waals surface area (Å²) in [5.41, 5.74) is 9.70. The van der Waals surface area contributed by atoms with Crippen LogP contribution in [0.5, 0.6) is 11.5 Å². The molecule has 0 unspecified atom stereocenters. The van der Waals surface area contributed by atoms with E-state index in [-0.39, 0.29) is 24.2 Å². The molecule has 1 aliphatic carbocycles. The van der Waals surface area contributed by atoms with Crippen molar-refractivity contribution in [1.29, 1.82) is 0 Å². The van der Waals surface area contributed by atoms with Crippen molar-refractivity contribution in [2.24, 2.45) is 5.73 Å². The van der Waals surface area contributed by atoms with Crippen LogP contribution in [0.2, 0.25) is 0 Å². The number of nitro groups is 1. The van der Waals surface area contributed by atoms with Gasteiger partial charge in [-0.2, -0.15) is 0 Å². The summed E-state index contributed by atoms with van der Waals surface area (Å²) in [4.78, 5) is 26.0. The minimum absolute atomic E-state index is 0.0389. The fraction of sp³-hybridized carbons (Fsp3) is 0.387. The van der Waals surface area contributed by atoms with Crippen LogP contribution in [0.3, 0.4) is 0 Å². The van der Waals surface area contributed by atoms with Gasteiger partial charge in [-0.25, -0.2) is 0 Å². The van der Waals surface area contributed by atoms with Gasteiger partial charge < -0.3 is 25.4 Å². The van der Waals surface area contributed by atoms with E-state index in [2.05, 4.69) is 5.32 Å². The predicted octanol–water partition coefficient (Wildman–Crippen LogP) is 4.74. The van der Waals surface area contributed by atoms with Gasteiger partial charge in [0.05, 0.1) is 18.1 Å². The first-order valence-electron chi connectivity index (χ1n) is 13.7. The Bertz CT molecular complexity index is 1270. The second-order valence-electron chi connectivity index (χ2n) is 10.2. The summed E-state index contributed by atoms with van der Waals surface area (Å²) in [6, 6.07) is 20.0. The number of hydrogen-bond donors (Lipinski definition) is 2. The number of nitrogens with zero attached hydrogens (tertiary/aromatic N) is 2. The standard InChI is InChI=1S/C31H38N4O5/c1-34(26-5-3-4-6-26)31(36)28(17-22-7-9-23(19-32)10-8-22)33-20-25-13-16-29(30(18-25)39-2)40-21-24-11-14-27(15-12-24)35(37)38/h7-16,18,26,28,33H,3-6,17,19-21,32H2,1-2H3/t28-/m0/s1. The van der Waals surface area contributed by atoms with Gasteiger partial charge >= 0.3 is 0 Å². The Hall–Kier alpha value is -3.95. The maximum absolute atomic E-state index is 13.6. The van der Waals surface area contributed by atoms with Gasteiger partial charge in [0, 0.05) is 38.3 Å². The topological polar surface area (TPSA) is 120 Å². The van der Waals surface area contributed by atoms with E-state index in [0.717, 1.165) is 35.1 Å². The summed E-state index contributed by atoms with van der Waals surface area (Å²) in [6.07, 6.45) is 5.02. The zero-order valence-electron chi connectivity index (χ0n) is 23.2. The second-order valence-corrected chi connectivity index (χ2v) is 10.2. The van der Waals surface area contributed by atoms with Crippen molar-refractivity contribution in [3.63, 3.8) is 0 Å². The summed E-state index contributed by atoms with van der Waals surface area (Å²) in [5, 5.41) is 14.4. The van der Waals surface area contributed by atoms with Crippen LogP contribution in [0.4, 0.5) is 5.69 Å². The molecule has 0 heterocycles. The van der Waals surface area contributed by atoms with E-state index in [1.54, 1.807) is 19.2 Å². The van der Waals surface area contributed by atoms with E-state index < -0.39 is 4.92 Å². The highest BCUT2D eigenvalue weighted by molar-refractivity contribution is 5.82. The molecule has 40 heavy (non-hydrogen) atoms. The predicted molar refractivity (Wildman–Crippen MR) is 154 cm³/mol. The average Bonchev–Trinajstić information content (AvgIpc) is 3.53. The molecule has 3 aromatic carbocycles. The maximum Gasteiger partial charge on any atom is 0.269 e. The molecule has 0 aromatic heterocycles. The molecule has 1 aliphatic rings. The van der Waals surface area contributed by atoms with Crippen molar-refractivity contribution < 1.29 is 19.2 Å². The third kappa shape index (κ3) is 7.58. The minimum atomic E-state index is -0.428. The lowest BCUT2D eigenvalue weighted by molar-refractivity contribution is -0.384. The van der Waals surface area contributed by atoms with E-state index in [9.17, 15) is 14.9 Å². The van der Waals surface area contributed by atoms with Gasteiger partial charge in [-0.15, -0.1) is 0 Å². The Balaban J connectivity index is 1.43. The van der Waals surface area contributed by atoms with Gasteiger partial charge in [0.25, 0.3) is 5.69 Å². The van der Waals surface area contributed by atoms with Gasteiger partial charge in [0.2, 0.25) is 5.91 Å². The number of hydrogen-bond acceptors (Lipinski definition) is 7. The Morgan fingerprint density at radius 1 is 1.00 bits per heavy atom. The van der Waals surface area contributed by atoms with Crippen LogP contribution in [0.25, 0.3) is 0 Å². The number of non-ortho nitro benzene ring substituents is 1. The molecule has 1 fully saturated rings. The van der Waals surface area contributed by atoms with Crippen molar-refractivity contribution >= 4 is 11.6 Å². The molecule has 1 atom stereocenters. The first-order valence-corrected chi connectivity index (χ1v) is 13.7. The molecular formula is C31H38N4O5. The number of rotatable bonds is 13. The highest BCUT2D eigenvalue weighted by atomic mass is 16.6. The average molecular weight is 547 g/mol. The Morgan fingerprint density at radius 3 is 2.25 bits per heavy atom. The lowest BCUT2D eigenvalue weighted by atomic mass is 10.0. The van der Waals surface area contributed by atoms with E-state index >= 15 is 0 Å². The Morgan fingerprint density at radius 2 is 1.62 bits per heavy atom. The van der Waals surface area contributed by atoms with Gasteiger partial charge in [-0.05, 0) is 65.8 Å². The number of benzene rings is 3. The highest BCUT2D eigenvalue weighted by Crippen LogP contribution is 2.29. The molecule has 1 saturated carbocycles. The number of nitrogens with two attached hydrogens (primary N) is 1. The molecule has 0 spiro atoms. The number of carbonyl (C=O) groups excluding carboxylic acids is 1. The van der Waals surface area contributed by atoms with Crippen LogP contribution in [0, 0.1) is 10.1 Å². The summed E-state index contributed by atoms with van der Waals surface area (Å²) in [5.74, 6) is 1.24. The van der Waals surface area contributed by atoms with Crippen molar-refractivity contribution in [3.8, 4) is 11.5 Å². The Kier molecular flexibility index (Phi) is 10.1. The molecule has 0 bridgehead atoms. The van der Waals surface area contributed by atoms with Crippen LogP contribution in [-0.2, 0) is 30.9 Å². The Labute approximate surface area is 235 Å². The van der Waals surface area contributed by atoms with Crippen LogP contribution in [-0.4, -0.2) is 42.0 Å². The number of nitro benzene ring substituents is 1. The van der Waals surface area contributed by atoms with Crippen molar-refractivity contribution in [1.82, 2.24) is 10.2 Å². The molecule has 4 rings (SSSR count). The van der Waals surface area contributed by atoms with E-state index in [0.29, 0.717) is 37.1 Å². The number of likely N-dealkylation sites (N-methyl/N-ethyl adjacent to an activating group) is 1. The van der Waals surface area contributed by atoms with Crippen molar-refractivity contribution in [2.75, 3.05) is 14.2 Å². The molecular weight excluding hydrogens is 508 g/mol. The maximum atomic E-state index is 13.6. The molecule has 9 nitrogen and oxygen atoms in total. The molecule has 3 N–H and O–H groups in total. The summed E-state index contributed by atoms with van der Waals surface area (Å²) < 4.78 is 11.5. The smallest absolute Gasteiger partial charge is 0.269 e. The molecule has 0 saturated heterocycles. The second kappa shape index (κ2) is 13.9. The minimum Gasteiger partial charge on any atom is -0.493 e. The molecule has 3 aromatic rings. The monoisotopic (exact) mass is 546 g/mol. The van der Waals surface area contributed by atoms with Crippen LogP contribution in [0.15, 0.2) is 66.7 Å². The SMILES string of the molecule is COc1cc(CN[C@@H](Cc2ccc(CN)cc2)C(=O)N(C)C2CCCC2)ccc1OCc1ccc([N+](=O)[O-])cc1. The molecule has 0 radical (unpaired) electrons. The molecule has 212 valence electrons. The summed E-state index contributed by atoms with van der Waals surface area (Å²) in [6.45, 7) is 1.22. The van der Waals surface area contributed by atoms with E-state index in [1.807, 2.05) is 54.4 Å². The zero-order chi connectivity index (χ0) is 28.5. The van der Waals surface area contributed by atoms with Crippen LogP contribution < -0.4 is 20.5 Å². The van der Waals surface area contributed by atoms with Crippen molar-refractivity contribution in [2.45, 2.75) is 63.9 Å².